The number of aromatic hydroxyl groups is 1. The number of phenols is 1. The topological polar surface area (TPSA) is 72.5 Å². The van der Waals surface area contributed by atoms with E-state index in [1.807, 2.05) is 6.07 Å². The van der Waals surface area contributed by atoms with Gasteiger partial charge in [-0.15, -0.1) is 0 Å². The van der Waals surface area contributed by atoms with Gasteiger partial charge in [-0.25, -0.2) is 4.79 Å². The van der Waals surface area contributed by atoms with Gasteiger partial charge >= 0.3 is 5.97 Å². The van der Waals surface area contributed by atoms with Crippen molar-refractivity contribution in [3.05, 3.63) is 42.0 Å². The molecule has 0 radical (unpaired) electrons. The van der Waals surface area contributed by atoms with E-state index in [1.54, 1.807) is 24.3 Å². The van der Waals surface area contributed by atoms with Crippen LogP contribution in [0, 0.1) is 0 Å². The number of phenolic OH excluding ortho intramolecular Hbond substituents is 1. The molecule has 0 aliphatic heterocycles. The highest BCUT2D eigenvalue weighted by Crippen LogP contribution is 2.24. The summed E-state index contributed by atoms with van der Waals surface area (Å²) in [5.41, 5.74) is 0.258. The van der Waals surface area contributed by atoms with Crippen LogP contribution in [0.3, 0.4) is 0 Å². The van der Waals surface area contributed by atoms with E-state index in [9.17, 15) is 9.90 Å². The van der Waals surface area contributed by atoms with Crippen LogP contribution < -0.4 is 5.90 Å². The van der Waals surface area contributed by atoms with Crippen LogP contribution in [0.25, 0.3) is 10.8 Å². The Balaban J connectivity index is 2.76. The fourth-order valence-corrected chi connectivity index (χ4v) is 1.53. The zero-order valence-corrected chi connectivity index (χ0v) is 7.81. The fourth-order valence-electron chi connectivity index (χ4n) is 1.53. The number of hydrogen-bond donors (Lipinski definition) is 2. The van der Waals surface area contributed by atoms with Crippen LogP contribution in [0.1, 0.15) is 10.4 Å². The Kier molecular flexibility index (Phi) is 2.27. The van der Waals surface area contributed by atoms with Gasteiger partial charge < -0.3 is 9.94 Å². The lowest BCUT2D eigenvalue weighted by Crippen LogP contribution is -2.10. The summed E-state index contributed by atoms with van der Waals surface area (Å²) in [4.78, 5) is 15.5. The van der Waals surface area contributed by atoms with Crippen molar-refractivity contribution < 1.29 is 14.7 Å². The molecular weight excluding hydrogens is 194 g/mol. The first-order valence-corrected chi connectivity index (χ1v) is 4.35. The number of carbonyl (C=O) groups is 1. The summed E-state index contributed by atoms with van der Waals surface area (Å²) in [6.45, 7) is 0. The number of rotatable bonds is 1. The highest BCUT2D eigenvalue weighted by Gasteiger charge is 2.11. The minimum Gasteiger partial charge on any atom is -0.508 e. The molecule has 0 aliphatic carbocycles. The third-order valence-corrected chi connectivity index (χ3v) is 2.17. The Morgan fingerprint density at radius 2 is 2.00 bits per heavy atom. The monoisotopic (exact) mass is 203 g/mol. The molecule has 0 unspecified atom stereocenters. The van der Waals surface area contributed by atoms with Crippen molar-refractivity contribution in [1.29, 1.82) is 0 Å². The van der Waals surface area contributed by atoms with E-state index < -0.39 is 5.97 Å². The predicted octanol–water partition coefficient (Wildman–Crippen LogP) is 1.58. The van der Waals surface area contributed by atoms with E-state index in [-0.39, 0.29) is 11.3 Å². The predicted molar refractivity (Wildman–Crippen MR) is 55.2 cm³/mol. The molecule has 76 valence electrons. The molecule has 0 atom stereocenters. The number of fused-ring (bicyclic) bond motifs is 1. The van der Waals surface area contributed by atoms with Crippen LogP contribution in [0.2, 0.25) is 0 Å². The quantitative estimate of drug-likeness (QED) is 0.690. The molecule has 0 heterocycles. The Hall–Kier alpha value is -2.07. The van der Waals surface area contributed by atoms with E-state index in [0.29, 0.717) is 5.39 Å². The van der Waals surface area contributed by atoms with E-state index >= 15 is 0 Å². The number of hydrogen-bond acceptors (Lipinski definition) is 4. The van der Waals surface area contributed by atoms with E-state index in [0.717, 1.165) is 5.39 Å². The van der Waals surface area contributed by atoms with Crippen molar-refractivity contribution in [3.8, 4) is 5.75 Å². The molecule has 0 fully saturated rings. The van der Waals surface area contributed by atoms with Crippen molar-refractivity contribution >= 4 is 16.7 Å². The van der Waals surface area contributed by atoms with E-state index in [4.69, 9.17) is 5.90 Å². The van der Waals surface area contributed by atoms with Gasteiger partial charge in [0.05, 0.1) is 5.56 Å². The summed E-state index contributed by atoms with van der Waals surface area (Å²) in [6, 6.07) is 10.1. The Morgan fingerprint density at radius 3 is 2.73 bits per heavy atom. The van der Waals surface area contributed by atoms with Gasteiger partial charge in [-0.2, -0.15) is 5.90 Å². The van der Waals surface area contributed by atoms with Crippen LogP contribution in [0.15, 0.2) is 36.4 Å². The minimum absolute atomic E-state index is 0.00843. The maximum Gasteiger partial charge on any atom is 0.357 e. The van der Waals surface area contributed by atoms with Gasteiger partial charge in [-0.05, 0) is 22.9 Å². The van der Waals surface area contributed by atoms with Crippen LogP contribution >= 0.6 is 0 Å². The molecule has 15 heavy (non-hydrogen) atoms. The van der Waals surface area contributed by atoms with Gasteiger partial charge in [-0.1, -0.05) is 24.3 Å². The molecular formula is C11H9NO3. The first-order valence-electron chi connectivity index (χ1n) is 4.35. The number of benzene rings is 2. The van der Waals surface area contributed by atoms with Gasteiger partial charge in [-0.3, -0.25) is 0 Å². The van der Waals surface area contributed by atoms with Crippen molar-refractivity contribution in [2.24, 2.45) is 5.90 Å². The largest absolute Gasteiger partial charge is 0.508 e. The average molecular weight is 203 g/mol. The molecule has 4 heteroatoms. The molecule has 4 nitrogen and oxygen atoms in total. The third-order valence-electron chi connectivity index (χ3n) is 2.17. The lowest BCUT2D eigenvalue weighted by atomic mass is 10.0. The van der Waals surface area contributed by atoms with E-state index in [1.165, 1.54) is 6.07 Å². The van der Waals surface area contributed by atoms with Crippen molar-refractivity contribution in [2.75, 3.05) is 0 Å². The zero-order valence-electron chi connectivity index (χ0n) is 7.81. The second-order valence-electron chi connectivity index (χ2n) is 3.12. The fraction of sp³-hybridized carbons (Fsp3) is 0. The molecule has 3 N–H and O–H groups in total. The van der Waals surface area contributed by atoms with Crippen molar-refractivity contribution in [2.45, 2.75) is 0 Å². The van der Waals surface area contributed by atoms with Crippen LogP contribution in [0.5, 0.6) is 5.75 Å². The third kappa shape index (κ3) is 1.62. The lowest BCUT2D eigenvalue weighted by molar-refractivity contribution is 0.0505. The summed E-state index contributed by atoms with van der Waals surface area (Å²) in [5, 5.41) is 10.9. The molecule has 0 saturated carbocycles. The Bertz CT molecular complexity index is 522. The van der Waals surface area contributed by atoms with E-state index in [2.05, 4.69) is 4.84 Å². The number of nitrogens with two attached hydrogens (primary N) is 1. The van der Waals surface area contributed by atoms with Gasteiger partial charge in [0.1, 0.15) is 5.75 Å². The molecule has 2 aromatic rings. The van der Waals surface area contributed by atoms with Gasteiger partial charge in [0.2, 0.25) is 0 Å². The first-order chi connectivity index (χ1) is 7.22. The molecule has 0 spiro atoms. The lowest BCUT2D eigenvalue weighted by Gasteiger charge is -2.04. The highest BCUT2D eigenvalue weighted by molar-refractivity contribution is 6.05. The normalized spacial score (nSPS) is 10.2. The molecule has 0 bridgehead atoms. The summed E-state index contributed by atoms with van der Waals surface area (Å²) >= 11 is 0. The second kappa shape index (κ2) is 3.59. The van der Waals surface area contributed by atoms with Crippen LogP contribution in [0.4, 0.5) is 0 Å². The Labute approximate surface area is 85.8 Å². The first kappa shape index (κ1) is 9.48. The maximum absolute atomic E-state index is 11.3. The van der Waals surface area contributed by atoms with Gasteiger partial charge in [0, 0.05) is 0 Å². The number of carbonyl (C=O) groups excluding carboxylic acids is 1. The standard InChI is InChI=1S/C11H9NO3/c12-15-11(14)10-6-8(13)5-7-3-1-2-4-9(7)10/h1-6,13H,12H2. The molecule has 0 amide bonds. The summed E-state index contributed by atoms with van der Waals surface area (Å²) < 4.78 is 0. The molecule has 2 rings (SSSR count). The summed E-state index contributed by atoms with van der Waals surface area (Å²) in [6.07, 6.45) is 0. The SMILES string of the molecule is NOC(=O)c1cc(O)cc2ccccc12. The van der Waals surface area contributed by atoms with Crippen molar-refractivity contribution in [1.82, 2.24) is 0 Å². The Morgan fingerprint density at radius 1 is 1.27 bits per heavy atom. The smallest absolute Gasteiger partial charge is 0.357 e. The second-order valence-corrected chi connectivity index (χ2v) is 3.12. The van der Waals surface area contributed by atoms with Crippen LogP contribution in [-0.4, -0.2) is 11.1 Å². The minimum atomic E-state index is -0.665. The summed E-state index contributed by atoms with van der Waals surface area (Å²) in [5.74, 6) is 4.16. The molecule has 0 aliphatic rings. The molecule has 2 aromatic carbocycles. The highest BCUT2D eigenvalue weighted by atomic mass is 16.7. The molecule has 0 aromatic heterocycles. The van der Waals surface area contributed by atoms with Gasteiger partial charge in [0.25, 0.3) is 0 Å². The summed E-state index contributed by atoms with van der Waals surface area (Å²) in [7, 11) is 0. The van der Waals surface area contributed by atoms with Crippen LogP contribution in [-0.2, 0) is 4.84 Å². The molecule has 0 saturated heterocycles. The van der Waals surface area contributed by atoms with Crippen molar-refractivity contribution in [3.63, 3.8) is 0 Å². The average Bonchev–Trinajstić information content (AvgIpc) is 2.26. The zero-order chi connectivity index (χ0) is 10.8. The maximum atomic E-state index is 11.3. The van der Waals surface area contributed by atoms with Gasteiger partial charge in [0.15, 0.2) is 0 Å².